The molecular weight excluding hydrogens is 312 g/mol. The SMILES string of the molecule is Fc1ccc(COc2ccc(ONc3ccccc3)cc2)cc1F. The van der Waals surface area contributed by atoms with Crippen molar-refractivity contribution in [3.8, 4) is 11.5 Å². The van der Waals surface area contributed by atoms with Crippen LogP contribution in [0.15, 0.2) is 72.8 Å². The average Bonchev–Trinajstić information content (AvgIpc) is 2.63. The average molecular weight is 327 g/mol. The van der Waals surface area contributed by atoms with Gasteiger partial charge in [-0.3, -0.25) is 0 Å². The molecule has 0 aromatic heterocycles. The molecule has 1 N–H and O–H groups in total. The fraction of sp³-hybridized carbons (Fsp3) is 0.0526. The molecule has 0 atom stereocenters. The highest BCUT2D eigenvalue weighted by molar-refractivity contribution is 5.41. The molecule has 0 saturated carbocycles. The molecule has 0 aliphatic rings. The minimum Gasteiger partial charge on any atom is -0.489 e. The molecule has 3 rings (SSSR count). The topological polar surface area (TPSA) is 30.5 Å². The highest BCUT2D eigenvalue weighted by atomic mass is 19.2. The maximum absolute atomic E-state index is 13.1. The zero-order valence-electron chi connectivity index (χ0n) is 12.7. The van der Waals surface area contributed by atoms with E-state index in [2.05, 4.69) is 5.48 Å². The van der Waals surface area contributed by atoms with Crippen molar-refractivity contribution in [3.05, 3.63) is 90.0 Å². The summed E-state index contributed by atoms with van der Waals surface area (Å²) >= 11 is 0. The van der Waals surface area contributed by atoms with Gasteiger partial charge in [0, 0.05) is 0 Å². The molecule has 0 unspecified atom stereocenters. The van der Waals surface area contributed by atoms with Gasteiger partial charge in [0.1, 0.15) is 12.4 Å². The highest BCUT2D eigenvalue weighted by Crippen LogP contribution is 2.20. The van der Waals surface area contributed by atoms with Crippen LogP contribution in [0.3, 0.4) is 0 Å². The summed E-state index contributed by atoms with van der Waals surface area (Å²) < 4.78 is 31.5. The summed E-state index contributed by atoms with van der Waals surface area (Å²) in [5.74, 6) is -0.524. The predicted molar refractivity (Wildman–Crippen MR) is 87.8 cm³/mol. The minimum absolute atomic E-state index is 0.152. The molecule has 3 aromatic rings. The standard InChI is InChI=1S/C19H15F2NO2/c20-18-11-6-14(12-19(18)21)13-23-16-7-9-17(10-8-16)24-22-15-4-2-1-3-5-15/h1-12,22H,13H2. The smallest absolute Gasteiger partial charge is 0.159 e. The molecule has 0 saturated heterocycles. The van der Waals surface area contributed by atoms with Crippen LogP contribution >= 0.6 is 0 Å². The van der Waals surface area contributed by atoms with E-state index < -0.39 is 11.6 Å². The van der Waals surface area contributed by atoms with Crippen molar-refractivity contribution < 1.29 is 18.4 Å². The summed E-state index contributed by atoms with van der Waals surface area (Å²) in [4.78, 5) is 5.44. The second-order valence-corrected chi connectivity index (χ2v) is 5.08. The Balaban J connectivity index is 1.53. The monoisotopic (exact) mass is 327 g/mol. The summed E-state index contributed by atoms with van der Waals surface area (Å²) in [6.45, 7) is 0.152. The van der Waals surface area contributed by atoms with Crippen LogP contribution in [0.4, 0.5) is 14.5 Å². The van der Waals surface area contributed by atoms with E-state index in [4.69, 9.17) is 9.57 Å². The lowest BCUT2D eigenvalue weighted by Crippen LogP contribution is -2.04. The van der Waals surface area contributed by atoms with Gasteiger partial charge in [-0.1, -0.05) is 24.3 Å². The summed E-state index contributed by atoms with van der Waals surface area (Å²) in [6, 6.07) is 20.2. The number of ether oxygens (including phenoxy) is 1. The first-order chi connectivity index (χ1) is 11.7. The van der Waals surface area contributed by atoms with Crippen LogP contribution in [0.1, 0.15) is 5.56 Å². The number of para-hydroxylation sites is 1. The lowest BCUT2D eigenvalue weighted by atomic mass is 10.2. The molecule has 0 amide bonds. The number of hydrogen-bond donors (Lipinski definition) is 1. The Hall–Kier alpha value is -3.08. The Bertz CT molecular complexity index is 792. The number of rotatable bonds is 6. The first kappa shape index (κ1) is 15.8. The van der Waals surface area contributed by atoms with E-state index in [-0.39, 0.29) is 6.61 Å². The van der Waals surface area contributed by atoms with E-state index in [0.29, 0.717) is 17.1 Å². The molecule has 0 aliphatic carbocycles. The number of hydrogen-bond acceptors (Lipinski definition) is 3. The predicted octanol–water partition coefficient (Wildman–Crippen LogP) is 4.95. The third kappa shape index (κ3) is 4.23. The summed E-state index contributed by atoms with van der Waals surface area (Å²) in [5, 5.41) is 0. The Kier molecular flexibility index (Phi) is 4.91. The van der Waals surface area contributed by atoms with Gasteiger partial charge in [-0.05, 0) is 54.1 Å². The molecular formula is C19H15F2NO2. The van der Waals surface area contributed by atoms with Crippen molar-refractivity contribution in [2.45, 2.75) is 6.61 Å². The van der Waals surface area contributed by atoms with Gasteiger partial charge in [0.05, 0.1) is 5.69 Å². The molecule has 122 valence electrons. The van der Waals surface area contributed by atoms with Crippen LogP contribution in [0.5, 0.6) is 11.5 Å². The maximum atomic E-state index is 13.1. The zero-order valence-corrected chi connectivity index (χ0v) is 12.7. The van der Waals surface area contributed by atoms with Crippen LogP contribution in [-0.4, -0.2) is 0 Å². The molecule has 0 bridgehead atoms. The normalized spacial score (nSPS) is 10.2. The fourth-order valence-corrected chi connectivity index (χ4v) is 2.02. The van der Waals surface area contributed by atoms with Gasteiger partial charge in [0.25, 0.3) is 0 Å². The quantitative estimate of drug-likeness (QED) is 0.650. The molecule has 3 nitrogen and oxygen atoms in total. The van der Waals surface area contributed by atoms with E-state index in [9.17, 15) is 8.78 Å². The van der Waals surface area contributed by atoms with E-state index in [1.54, 1.807) is 24.3 Å². The molecule has 0 heterocycles. The van der Waals surface area contributed by atoms with Crippen LogP contribution in [-0.2, 0) is 6.61 Å². The number of halogens is 2. The molecule has 0 aliphatic heterocycles. The molecule has 3 aromatic carbocycles. The molecule has 0 fully saturated rings. The van der Waals surface area contributed by atoms with Crippen LogP contribution in [0.2, 0.25) is 0 Å². The second kappa shape index (κ2) is 7.46. The van der Waals surface area contributed by atoms with Crippen molar-refractivity contribution >= 4 is 5.69 Å². The van der Waals surface area contributed by atoms with Crippen molar-refractivity contribution in [3.63, 3.8) is 0 Å². The van der Waals surface area contributed by atoms with Crippen LogP contribution < -0.4 is 15.1 Å². The van der Waals surface area contributed by atoms with E-state index in [0.717, 1.165) is 17.8 Å². The number of benzene rings is 3. The van der Waals surface area contributed by atoms with Crippen LogP contribution in [0, 0.1) is 11.6 Å². The summed E-state index contributed by atoms with van der Waals surface area (Å²) in [6.07, 6.45) is 0. The van der Waals surface area contributed by atoms with E-state index in [1.807, 2.05) is 30.3 Å². The fourth-order valence-electron chi connectivity index (χ4n) is 2.02. The van der Waals surface area contributed by atoms with Gasteiger partial charge in [-0.25, -0.2) is 14.3 Å². The van der Waals surface area contributed by atoms with Crippen molar-refractivity contribution in [2.24, 2.45) is 0 Å². The Morgan fingerprint density at radius 2 is 1.46 bits per heavy atom. The Morgan fingerprint density at radius 1 is 0.750 bits per heavy atom. The highest BCUT2D eigenvalue weighted by Gasteiger charge is 2.03. The first-order valence-corrected chi connectivity index (χ1v) is 7.35. The molecule has 24 heavy (non-hydrogen) atoms. The second-order valence-electron chi connectivity index (χ2n) is 5.08. The Labute approximate surface area is 138 Å². The van der Waals surface area contributed by atoms with Gasteiger partial charge in [0.2, 0.25) is 0 Å². The first-order valence-electron chi connectivity index (χ1n) is 7.35. The van der Waals surface area contributed by atoms with Crippen molar-refractivity contribution in [1.29, 1.82) is 0 Å². The van der Waals surface area contributed by atoms with E-state index in [1.165, 1.54) is 6.07 Å². The lowest BCUT2D eigenvalue weighted by molar-refractivity contribution is 0.304. The largest absolute Gasteiger partial charge is 0.489 e. The lowest BCUT2D eigenvalue weighted by Gasteiger charge is -2.10. The van der Waals surface area contributed by atoms with Crippen molar-refractivity contribution in [2.75, 3.05) is 5.48 Å². The van der Waals surface area contributed by atoms with Gasteiger partial charge in [-0.2, -0.15) is 0 Å². The van der Waals surface area contributed by atoms with Gasteiger partial charge in [0.15, 0.2) is 17.4 Å². The van der Waals surface area contributed by atoms with Gasteiger partial charge < -0.3 is 9.57 Å². The summed E-state index contributed by atoms with van der Waals surface area (Å²) in [5.41, 5.74) is 4.23. The van der Waals surface area contributed by atoms with E-state index >= 15 is 0 Å². The van der Waals surface area contributed by atoms with Gasteiger partial charge >= 0.3 is 0 Å². The summed E-state index contributed by atoms with van der Waals surface area (Å²) in [7, 11) is 0. The minimum atomic E-state index is -0.883. The molecule has 5 heteroatoms. The van der Waals surface area contributed by atoms with Crippen LogP contribution in [0.25, 0.3) is 0 Å². The third-order valence-electron chi connectivity index (χ3n) is 3.27. The van der Waals surface area contributed by atoms with Crippen molar-refractivity contribution in [1.82, 2.24) is 0 Å². The number of anilines is 1. The molecule has 0 radical (unpaired) electrons. The Morgan fingerprint density at radius 3 is 2.17 bits per heavy atom. The zero-order chi connectivity index (χ0) is 16.8. The number of nitrogens with one attached hydrogen (secondary N) is 1. The maximum Gasteiger partial charge on any atom is 0.159 e. The van der Waals surface area contributed by atoms with Gasteiger partial charge in [-0.15, -0.1) is 0 Å². The third-order valence-corrected chi connectivity index (χ3v) is 3.27. The molecule has 0 spiro atoms.